The van der Waals surface area contributed by atoms with Gasteiger partial charge in [-0.3, -0.25) is 4.79 Å². The average Bonchev–Trinajstić information content (AvgIpc) is 2.95. The number of para-hydroxylation sites is 1. The molecule has 1 fully saturated rings. The van der Waals surface area contributed by atoms with E-state index < -0.39 is 12.1 Å². The zero-order valence-electron chi connectivity index (χ0n) is 14.5. The normalized spacial score (nSPS) is 20.5. The van der Waals surface area contributed by atoms with Crippen molar-refractivity contribution in [2.24, 2.45) is 0 Å². The third kappa shape index (κ3) is 3.28. The molecule has 25 heavy (non-hydrogen) atoms. The number of morpholine rings is 1. The Morgan fingerprint density at radius 2 is 1.96 bits per heavy atom. The van der Waals surface area contributed by atoms with Crippen LogP contribution in [0.25, 0.3) is 5.69 Å². The molecule has 2 aromatic rings. The second-order valence-electron chi connectivity index (χ2n) is 6.33. The van der Waals surface area contributed by atoms with Crippen LogP contribution in [0.15, 0.2) is 30.5 Å². The quantitative estimate of drug-likeness (QED) is 0.919. The molecule has 2 heterocycles. The van der Waals surface area contributed by atoms with Gasteiger partial charge in [0.25, 0.3) is 5.91 Å². The number of ether oxygens (including phenoxy) is 1. The molecule has 1 aliphatic heterocycles. The topological polar surface area (TPSA) is 84.7 Å². The Bertz CT molecular complexity index is 814. The van der Waals surface area contributed by atoms with E-state index in [0.717, 1.165) is 16.9 Å². The minimum atomic E-state index is -1.06. The maximum absolute atomic E-state index is 12.9. The minimum Gasteiger partial charge on any atom is -0.479 e. The summed E-state index contributed by atoms with van der Waals surface area (Å²) >= 11 is 0. The van der Waals surface area contributed by atoms with Crippen LogP contribution in [0.4, 0.5) is 0 Å². The fourth-order valence-corrected chi connectivity index (χ4v) is 3.09. The van der Waals surface area contributed by atoms with Gasteiger partial charge in [0.15, 0.2) is 6.10 Å². The number of hydrogen-bond donors (Lipinski definition) is 1. The summed E-state index contributed by atoms with van der Waals surface area (Å²) < 4.78 is 7.11. The summed E-state index contributed by atoms with van der Waals surface area (Å²) in [6.07, 6.45) is 0.213. The van der Waals surface area contributed by atoms with Crippen LogP contribution in [0, 0.1) is 13.8 Å². The van der Waals surface area contributed by atoms with E-state index in [1.165, 1.54) is 4.90 Å². The van der Waals surface area contributed by atoms with Gasteiger partial charge in [0.2, 0.25) is 0 Å². The Hall–Kier alpha value is -2.67. The summed E-state index contributed by atoms with van der Waals surface area (Å²) in [6, 6.07) is 7.80. The van der Waals surface area contributed by atoms with Crippen LogP contribution in [0.5, 0.6) is 0 Å². The summed E-state index contributed by atoms with van der Waals surface area (Å²) in [7, 11) is 0. The molecule has 7 nitrogen and oxygen atoms in total. The molecule has 0 radical (unpaired) electrons. The lowest BCUT2D eigenvalue weighted by molar-refractivity contribution is -0.160. The molecule has 7 heteroatoms. The van der Waals surface area contributed by atoms with E-state index in [9.17, 15) is 14.7 Å². The number of amides is 1. The van der Waals surface area contributed by atoms with Crippen LogP contribution in [-0.2, 0) is 9.53 Å². The van der Waals surface area contributed by atoms with E-state index in [2.05, 4.69) is 5.10 Å². The lowest BCUT2D eigenvalue weighted by atomic mass is 10.1. The van der Waals surface area contributed by atoms with Gasteiger partial charge < -0.3 is 14.7 Å². The number of hydrogen-bond acceptors (Lipinski definition) is 4. The van der Waals surface area contributed by atoms with Crippen molar-refractivity contribution in [3.05, 3.63) is 47.3 Å². The van der Waals surface area contributed by atoms with E-state index in [4.69, 9.17) is 4.74 Å². The van der Waals surface area contributed by atoms with Crippen LogP contribution >= 0.6 is 0 Å². The fraction of sp³-hybridized carbons (Fsp3) is 0.389. The molecule has 1 N–H and O–H groups in total. The highest BCUT2D eigenvalue weighted by Crippen LogP contribution is 2.20. The number of aryl methyl sites for hydroxylation is 1. The smallest absolute Gasteiger partial charge is 0.334 e. The van der Waals surface area contributed by atoms with Crippen molar-refractivity contribution in [2.45, 2.75) is 33.0 Å². The second kappa shape index (κ2) is 6.68. The first-order valence-corrected chi connectivity index (χ1v) is 8.16. The first-order valence-electron chi connectivity index (χ1n) is 8.16. The molecule has 0 spiro atoms. The molecule has 0 bridgehead atoms. The van der Waals surface area contributed by atoms with Gasteiger partial charge in [0, 0.05) is 6.54 Å². The minimum absolute atomic E-state index is 0.0352. The zero-order valence-corrected chi connectivity index (χ0v) is 14.5. The maximum atomic E-state index is 12.9. The van der Waals surface area contributed by atoms with Crippen LogP contribution in [0.1, 0.15) is 28.5 Å². The van der Waals surface area contributed by atoms with Crippen molar-refractivity contribution in [2.75, 3.05) is 13.1 Å². The molecular formula is C18H21N3O4. The molecule has 1 aromatic heterocycles. The Labute approximate surface area is 145 Å². The predicted octanol–water partition coefficient (Wildman–Crippen LogP) is 1.80. The zero-order chi connectivity index (χ0) is 18.1. The summed E-state index contributed by atoms with van der Waals surface area (Å²) in [5, 5.41) is 13.5. The highest BCUT2D eigenvalue weighted by molar-refractivity contribution is 5.95. The first-order chi connectivity index (χ1) is 11.9. The average molecular weight is 343 g/mol. The summed E-state index contributed by atoms with van der Waals surface area (Å²) in [5.74, 6) is -1.28. The summed E-state index contributed by atoms with van der Waals surface area (Å²) in [4.78, 5) is 25.6. The van der Waals surface area contributed by atoms with Gasteiger partial charge >= 0.3 is 5.97 Å². The molecule has 2 atom stereocenters. The number of rotatable bonds is 3. The lowest BCUT2D eigenvalue weighted by Crippen LogP contribution is -2.51. The molecule has 1 aliphatic rings. The molecular weight excluding hydrogens is 322 g/mol. The molecule has 0 saturated carbocycles. The highest BCUT2D eigenvalue weighted by atomic mass is 16.5. The third-order valence-corrected chi connectivity index (χ3v) is 4.41. The second-order valence-corrected chi connectivity index (χ2v) is 6.33. The van der Waals surface area contributed by atoms with Gasteiger partial charge in [-0.15, -0.1) is 0 Å². The standard InChI is InChI=1S/C18H21N3O4/c1-11-6-4-5-7-15(11)21-13(3)14(8-19-21)17(22)20-9-12(2)25-16(10-20)18(23)24/h4-8,12,16H,9-10H2,1-3H3,(H,23,24)/t12-,16?/m1/s1. The number of carbonyl (C=O) groups excluding carboxylic acids is 1. The van der Waals surface area contributed by atoms with Gasteiger partial charge in [-0.2, -0.15) is 5.10 Å². The Balaban J connectivity index is 1.89. The van der Waals surface area contributed by atoms with Crippen molar-refractivity contribution in [3.8, 4) is 5.69 Å². The number of aliphatic carboxylic acids is 1. The van der Waals surface area contributed by atoms with Gasteiger partial charge in [-0.1, -0.05) is 18.2 Å². The van der Waals surface area contributed by atoms with E-state index >= 15 is 0 Å². The fourth-order valence-electron chi connectivity index (χ4n) is 3.09. The van der Waals surface area contributed by atoms with Crippen molar-refractivity contribution in [1.82, 2.24) is 14.7 Å². The van der Waals surface area contributed by atoms with Crippen molar-refractivity contribution in [1.29, 1.82) is 0 Å². The summed E-state index contributed by atoms with van der Waals surface area (Å²) in [6.45, 7) is 5.98. The van der Waals surface area contributed by atoms with Crippen molar-refractivity contribution in [3.63, 3.8) is 0 Å². The molecule has 0 aliphatic carbocycles. The number of aromatic nitrogens is 2. The Kier molecular flexibility index (Phi) is 4.59. The van der Waals surface area contributed by atoms with E-state index in [1.807, 2.05) is 38.1 Å². The highest BCUT2D eigenvalue weighted by Gasteiger charge is 2.34. The van der Waals surface area contributed by atoms with E-state index in [1.54, 1.807) is 17.8 Å². The Morgan fingerprint density at radius 3 is 2.64 bits per heavy atom. The predicted molar refractivity (Wildman–Crippen MR) is 90.9 cm³/mol. The third-order valence-electron chi connectivity index (χ3n) is 4.41. The largest absolute Gasteiger partial charge is 0.479 e. The number of carboxylic acids is 1. The molecule has 1 saturated heterocycles. The lowest BCUT2D eigenvalue weighted by Gasteiger charge is -2.34. The molecule has 1 aromatic carbocycles. The summed E-state index contributed by atoms with van der Waals surface area (Å²) in [5.41, 5.74) is 3.17. The van der Waals surface area contributed by atoms with Gasteiger partial charge in [-0.25, -0.2) is 9.48 Å². The van der Waals surface area contributed by atoms with Crippen LogP contribution in [0.3, 0.4) is 0 Å². The number of carbonyl (C=O) groups is 2. The van der Waals surface area contributed by atoms with Crippen molar-refractivity contribution < 1.29 is 19.4 Å². The van der Waals surface area contributed by atoms with Crippen LogP contribution in [-0.4, -0.2) is 57.0 Å². The molecule has 1 unspecified atom stereocenters. The van der Waals surface area contributed by atoms with Gasteiger partial charge in [0.05, 0.1) is 35.8 Å². The van der Waals surface area contributed by atoms with E-state index in [-0.39, 0.29) is 18.6 Å². The number of nitrogens with zero attached hydrogens (tertiary/aromatic N) is 3. The number of benzene rings is 1. The number of carboxylic acid groups (broad SMARTS) is 1. The molecule has 3 rings (SSSR count). The molecule has 132 valence electrons. The first kappa shape index (κ1) is 17.2. The SMILES string of the molecule is Cc1ccccc1-n1ncc(C(=O)N2CC(C(=O)O)O[C@H](C)C2)c1C. The van der Waals surface area contributed by atoms with Crippen LogP contribution < -0.4 is 0 Å². The van der Waals surface area contributed by atoms with Crippen LogP contribution in [0.2, 0.25) is 0 Å². The Morgan fingerprint density at radius 1 is 1.24 bits per heavy atom. The molecule has 1 amide bonds. The van der Waals surface area contributed by atoms with E-state index in [0.29, 0.717) is 12.1 Å². The van der Waals surface area contributed by atoms with Gasteiger partial charge in [0.1, 0.15) is 0 Å². The van der Waals surface area contributed by atoms with Gasteiger partial charge in [-0.05, 0) is 32.4 Å². The van der Waals surface area contributed by atoms with Crippen molar-refractivity contribution >= 4 is 11.9 Å². The maximum Gasteiger partial charge on any atom is 0.334 e. The monoisotopic (exact) mass is 343 g/mol.